The largest absolute Gasteiger partial charge is 0.484 e. The number of nitrogens with zero attached hydrogens (tertiary/aromatic N) is 3. The number of ketones is 1. The summed E-state index contributed by atoms with van der Waals surface area (Å²) in [6.07, 6.45) is 0. The first-order valence-corrected chi connectivity index (χ1v) is 10.4. The number of rotatable bonds is 10. The Morgan fingerprint density at radius 3 is 2.13 bits per heavy atom. The molecule has 0 aromatic heterocycles. The predicted molar refractivity (Wildman–Crippen MR) is 109 cm³/mol. The highest BCUT2D eigenvalue weighted by Crippen LogP contribution is 2.18. The standard InChI is InChI=1S/C19H22N4O6S/c1-23(2)22-21-16-7-3-14(4-8-16)19(25)15-5-9-17(10-6-15)29-13-18(24)20-11-12-30(26,27)28/h3-10H,11-13H2,1-2H3,(H,20,24)(H,26,27,28)/b22-21+. The van der Waals surface area contributed by atoms with E-state index in [1.807, 2.05) is 0 Å². The molecule has 0 saturated carbocycles. The lowest BCUT2D eigenvalue weighted by Crippen LogP contribution is -2.32. The van der Waals surface area contributed by atoms with E-state index in [9.17, 15) is 18.0 Å². The zero-order chi connectivity index (χ0) is 22.1. The Morgan fingerprint density at radius 1 is 1.03 bits per heavy atom. The summed E-state index contributed by atoms with van der Waals surface area (Å²) >= 11 is 0. The highest BCUT2D eigenvalue weighted by Gasteiger charge is 2.10. The zero-order valence-corrected chi connectivity index (χ0v) is 17.3. The van der Waals surface area contributed by atoms with Crippen LogP contribution in [0.25, 0.3) is 0 Å². The molecule has 30 heavy (non-hydrogen) atoms. The number of benzene rings is 2. The monoisotopic (exact) mass is 434 g/mol. The molecule has 1 amide bonds. The number of hydrogen-bond donors (Lipinski definition) is 2. The molecule has 2 aromatic rings. The predicted octanol–water partition coefficient (Wildman–Crippen LogP) is 1.86. The van der Waals surface area contributed by atoms with E-state index in [0.717, 1.165) is 0 Å². The van der Waals surface area contributed by atoms with Crippen LogP contribution in [0, 0.1) is 0 Å². The van der Waals surface area contributed by atoms with E-state index in [0.29, 0.717) is 22.6 Å². The maximum atomic E-state index is 12.6. The van der Waals surface area contributed by atoms with Gasteiger partial charge in [0.25, 0.3) is 16.0 Å². The van der Waals surface area contributed by atoms with Crippen LogP contribution in [0.3, 0.4) is 0 Å². The first-order valence-electron chi connectivity index (χ1n) is 8.82. The van der Waals surface area contributed by atoms with Gasteiger partial charge in [-0.05, 0) is 48.5 Å². The number of hydrogen-bond acceptors (Lipinski definition) is 7. The van der Waals surface area contributed by atoms with Gasteiger partial charge < -0.3 is 10.1 Å². The number of amides is 1. The molecular weight excluding hydrogens is 412 g/mol. The molecule has 0 aliphatic carbocycles. The van der Waals surface area contributed by atoms with E-state index in [2.05, 4.69) is 15.7 Å². The van der Waals surface area contributed by atoms with Crippen molar-refractivity contribution in [2.75, 3.05) is 33.0 Å². The molecule has 2 N–H and O–H groups in total. The van der Waals surface area contributed by atoms with Crippen molar-refractivity contribution in [3.8, 4) is 5.75 Å². The van der Waals surface area contributed by atoms with Crippen LogP contribution in [0.15, 0.2) is 58.9 Å². The topological polar surface area (TPSA) is 138 Å². The van der Waals surface area contributed by atoms with Crippen molar-refractivity contribution in [3.63, 3.8) is 0 Å². The molecule has 11 heteroatoms. The van der Waals surface area contributed by atoms with Crippen LogP contribution in [0.4, 0.5) is 5.69 Å². The Hall–Kier alpha value is -3.31. The minimum absolute atomic E-state index is 0.180. The van der Waals surface area contributed by atoms with Crippen LogP contribution in [0.2, 0.25) is 0 Å². The quantitative estimate of drug-likeness (QED) is 0.252. The van der Waals surface area contributed by atoms with Crippen molar-refractivity contribution >= 4 is 27.5 Å². The van der Waals surface area contributed by atoms with Crippen LogP contribution in [-0.2, 0) is 14.9 Å². The molecule has 0 aliphatic rings. The summed E-state index contributed by atoms with van der Waals surface area (Å²) in [6, 6.07) is 13.0. The second-order valence-corrected chi connectivity index (χ2v) is 7.93. The fourth-order valence-corrected chi connectivity index (χ4v) is 2.57. The van der Waals surface area contributed by atoms with Gasteiger partial charge in [-0.2, -0.15) is 8.42 Å². The third-order valence-corrected chi connectivity index (χ3v) is 4.36. The van der Waals surface area contributed by atoms with Gasteiger partial charge in [0.05, 0.1) is 11.4 Å². The molecule has 0 heterocycles. The molecule has 2 aromatic carbocycles. The van der Waals surface area contributed by atoms with E-state index in [-0.39, 0.29) is 18.9 Å². The lowest BCUT2D eigenvalue weighted by Gasteiger charge is -2.08. The summed E-state index contributed by atoms with van der Waals surface area (Å²) in [4.78, 5) is 24.2. The number of carbonyl (C=O) groups is 2. The van der Waals surface area contributed by atoms with Crippen LogP contribution in [0.5, 0.6) is 5.75 Å². The molecule has 0 unspecified atom stereocenters. The van der Waals surface area contributed by atoms with Crippen molar-refractivity contribution in [1.29, 1.82) is 0 Å². The zero-order valence-electron chi connectivity index (χ0n) is 16.5. The van der Waals surface area contributed by atoms with E-state index in [4.69, 9.17) is 9.29 Å². The molecule has 0 bridgehead atoms. The van der Waals surface area contributed by atoms with Gasteiger partial charge in [0.1, 0.15) is 5.75 Å². The van der Waals surface area contributed by atoms with Crippen molar-refractivity contribution in [2.45, 2.75) is 0 Å². The number of nitrogens with one attached hydrogen (secondary N) is 1. The first-order chi connectivity index (χ1) is 14.1. The summed E-state index contributed by atoms with van der Waals surface area (Å²) in [5.41, 5.74) is 1.56. The molecule has 0 fully saturated rings. The second-order valence-electron chi connectivity index (χ2n) is 6.36. The summed E-state index contributed by atoms with van der Waals surface area (Å²) in [7, 11) is -0.621. The molecule has 160 valence electrons. The lowest BCUT2D eigenvalue weighted by molar-refractivity contribution is -0.122. The van der Waals surface area contributed by atoms with Crippen LogP contribution < -0.4 is 10.1 Å². The molecule has 10 nitrogen and oxygen atoms in total. The van der Waals surface area contributed by atoms with Gasteiger partial charge in [0.2, 0.25) is 0 Å². The van der Waals surface area contributed by atoms with Gasteiger partial charge in [-0.25, -0.2) is 0 Å². The summed E-state index contributed by atoms with van der Waals surface area (Å²) in [6.45, 7) is -0.550. The summed E-state index contributed by atoms with van der Waals surface area (Å²) < 4.78 is 35.1. The van der Waals surface area contributed by atoms with Crippen LogP contribution in [0.1, 0.15) is 15.9 Å². The maximum Gasteiger partial charge on any atom is 0.266 e. The Balaban J connectivity index is 1.89. The van der Waals surface area contributed by atoms with Gasteiger partial charge in [0, 0.05) is 31.8 Å². The third kappa shape index (κ3) is 7.97. The molecule has 0 radical (unpaired) electrons. The van der Waals surface area contributed by atoms with Gasteiger partial charge in [-0.1, -0.05) is 5.22 Å². The minimum atomic E-state index is -4.13. The third-order valence-electron chi connectivity index (χ3n) is 3.64. The van der Waals surface area contributed by atoms with Gasteiger partial charge in [-0.3, -0.25) is 19.2 Å². The van der Waals surface area contributed by atoms with Crippen molar-refractivity contribution in [1.82, 2.24) is 10.3 Å². The molecule has 0 saturated heterocycles. The van der Waals surface area contributed by atoms with Crippen LogP contribution >= 0.6 is 0 Å². The van der Waals surface area contributed by atoms with Crippen molar-refractivity contribution in [2.24, 2.45) is 10.3 Å². The molecular formula is C19H22N4O6S. The number of carbonyl (C=O) groups excluding carboxylic acids is 2. The fourth-order valence-electron chi connectivity index (χ4n) is 2.21. The molecule has 0 atom stereocenters. The normalized spacial score (nSPS) is 11.3. The van der Waals surface area contributed by atoms with E-state index >= 15 is 0 Å². The lowest BCUT2D eigenvalue weighted by atomic mass is 10.0. The van der Waals surface area contributed by atoms with Gasteiger partial charge in [-0.15, -0.1) is 5.11 Å². The highest BCUT2D eigenvalue weighted by molar-refractivity contribution is 7.85. The molecule has 0 aliphatic heterocycles. The summed E-state index contributed by atoms with van der Waals surface area (Å²) in [5.74, 6) is -0.920. The van der Waals surface area contributed by atoms with Crippen LogP contribution in [-0.4, -0.2) is 62.7 Å². The molecule has 2 rings (SSSR count). The first kappa shape index (κ1) is 23.0. The highest BCUT2D eigenvalue weighted by atomic mass is 32.2. The van der Waals surface area contributed by atoms with E-state index in [1.54, 1.807) is 67.6 Å². The Bertz CT molecular complexity index is 1000. The Morgan fingerprint density at radius 2 is 1.60 bits per heavy atom. The van der Waals surface area contributed by atoms with Crippen molar-refractivity contribution < 1.29 is 27.3 Å². The number of ether oxygens (including phenoxy) is 1. The minimum Gasteiger partial charge on any atom is -0.484 e. The Labute approximate surface area is 174 Å². The second kappa shape index (κ2) is 10.5. The van der Waals surface area contributed by atoms with E-state index < -0.39 is 21.8 Å². The van der Waals surface area contributed by atoms with E-state index in [1.165, 1.54) is 0 Å². The SMILES string of the molecule is CN(C)/N=N/c1ccc(C(=O)c2ccc(OCC(=O)NCCS(=O)(=O)O)cc2)cc1. The summed E-state index contributed by atoms with van der Waals surface area (Å²) in [5, 5.41) is 11.8. The van der Waals surface area contributed by atoms with Crippen molar-refractivity contribution in [3.05, 3.63) is 59.7 Å². The average molecular weight is 434 g/mol. The molecule has 0 spiro atoms. The van der Waals surface area contributed by atoms with Gasteiger partial charge >= 0.3 is 0 Å². The van der Waals surface area contributed by atoms with Gasteiger partial charge in [0.15, 0.2) is 12.4 Å². The Kier molecular flexibility index (Phi) is 8.01. The fraction of sp³-hybridized carbons (Fsp3) is 0.263. The average Bonchev–Trinajstić information content (AvgIpc) is 2.70. The maximum absolute atomic E-state index is 12.6. The smallest absolute Gasteiger partial charge is 0.266 e.